The van der Waals surface area contributed by atoms with Crippen molar-refractivity contribution in [3.05, 3.63) is 58.9 Å². The van der Waals surface area contributed by atoms with Crippen molar-refractivity contribution in [3.8, 4) is 0 Å². The number of anilines is 1. The molecule has 5 nitrogen and oxygen atoms in total. The molecule has 2 N–H and O–H groups in total. The first-order valence-corrected chi connectivity index (χ1v) is 10.5. The second kappa shape index (κ2) is 8.29. The molecule has 1 aliphatic carbocycles. The van der Waals surface area contributed by atoms with Crippen LogP contribution in [0.25, 0.3) is 10.2 Å². The summed E-state index contributed by atoms with van der Waals surface area (Å²) in [7, 11) is 0. The van der Waals surface area contributed by atoms with Crippen molar-refractivity contribution >= 4 is 38.9 Å². The fourth-order valence-corrected chi connectivity index (χ4v) is 4.58. The molecule has 1 fully saturated rings. The second-order valence-corrected chi connectivity index (χ2v) is 8.43. The summed E-state index contributed by atoms with van der Waals surface area (Å²) in [6.45, 7) is 1.53. The highest BCUT2D eigenvalue weighted by Gasteiger charge is 2.23. The molecule has 0 aliphatic heterocycles. The van der Waals surface area contributed by atoms with Gasteiger partial charge in [-0.15, -0.1) is 11.3 Å². The minimum atomic E-state index is -0.348. The molecule has 0 bridgehead atoms. The highest BCUT2D eigenvalue weighted by molar-refractivity contribution is 7.20. The molecule has 0 spiro atoms. The maximum Gasteiger partial charge on any atom is 0.251 e. The smallest absolute Gasteiger partial charge is 0.251 e. The number of ketones is 1. The number of Topliss-reactive ketones (excluding diaryl/α,β-unsaturated/α-hetero) is 1. The van der Waals surface area contributed by atoms with Crippen LogP contribution in [0, 0.1) is 5.82 Å². The molecule has 4 rings (SSSR count). The molecule has 3 aromatic rings. The highest BCUT2D eigenvalue weighted by Crippen LogP contribution is 2.31. The molecule has 1 saturated carbocycles. The summed E-state index contributed by atoms with van der Waals surface area (Å²) in [5, 5.41) is 7.14. The fraction of sp³-hybridized carbons (Fsp3) is 0.318. The Morgan fingerprint density at radius 2 is 1.72 bits per heavy atom. The van der Waals surface area contributed by atoms with E-state index in [0.29, 0.717) is 16.6 Å². The van der Waals surface area contributed by atoms with E-state index < -0.39 is 0 Å². The average Bonchev–Trinajstić information content (AvgIpc) is 3.16. The van der Waals surface area contributed by atoms with Crippen LogP contribution in [0.4, 0.5) is 10.1 Å². The number of fused-ring (bicyclic) bond motifs is 1. The molecule has 1 aromatic heterocycles. The van der Waals surface area contributed by atoms with Gasteiger partial charge in [0.1, 0.15) is 11.3 Å². The molecular formula is C22H22FN3O2S. The molecule has 1 aliphatic rings. The van der Waals surface area contributed by atoms with E-state index in [1.54, 1.807) is 0 Å². The molecule has 150 valence electrons. The van der Waals surface area contributed by atoms with Crippen molar-refractivity contribution in [2.75, 3.05) is 5.32 Å². The first-order valence-electron chi connectivity index (χ1n) is 9.73. The summed E-state index contributed by atoms with van der Waals surface area (Å²) in [6, 6.07) is 12.0. The number of para-hydroxylation sites is 1. The van der Waals surface area contributed by atoms with E-state index in [0.717, 1.165) is 41.6 Å². The summed E-state index contributed by atoms with van der Waals surface area (Å²) >= 11 is 1.42. The Morgan fingerprint density at radius 3 is 2.41 bits per heavy atom. The molecule has 7 heteroatoms. The topological polar surface area (TPSA) is 71.1 Å². The summed E-state index contributed by atoms with van der Waals surface area (Å²) in [5.74, 6) is -0.529. The van der Waals surface area contributed by atoms with Crippen LogP contribution in [0.3, 0.4) is 0 Å². The van der Waals surface area contributed by atoms with Gasteiger partial charge in [0.2, 0.25) is 0 Å². The van der Waals surface area contributed by atoms with Crippen molar-refractivity contribution in [2.24, 2.45) is 0 Å². The van der Waals surface area contributed by atoms with Crippen LogP contribution in [0.15, 0.2) is 42.5 Å². The van der Waals surface area contributed by atoms with E-state index in [4.69, 9.17) is 0 Å². The maximum atomic E-state index is 13.0. The van der Waals surface area contributed by atoms with Crippen LogP contribution >= 0.6 is 11.3 Å². The quantitative estimate of drug-likeness (QED) is 0.592. The Bertz CT molecular complexity index is 1040. The molecule has 29 heavy (non-hydrogen) atoms. The molecule has 0 radical (unpaired) electrons. The zero-order valence-corrected chi connectivity index (χ0v) is 16.9. The van der Waals surface area contributed by atoms with E-state index >= 15 is 0 Å². The van der Waals surface area contributed by atoms with Gasteiger partial charge in [0, 0.05) is 24.6 Å². The molecule has 1 heterocycles. The van der Waals surface area contributed by atoms with E-state index in [2.05, 4.69) is 15.6 Å². The van der Waals surface area contributed by atoms with Gasteiger partial charge < -0.3 is 10.6 Å². The van der Waals surface area contributed by atoms with Crippen LogP contribution in [0.1, 0.15) is 52.8 Å². The third-order valence-electron chi connectivity index (χ3n) is 5.25. The van der Waals surface area contributed by atoms with Gasteiger partial charge in [-0.1, -0.05) is 6.07 Å². The lowest BCUT2D eigenvalue weighted by atomic mass is 9.90. The van der Waals surface area contributed by atoms with Gasteiger partial charge in [-0.2, -0.15) is 0 Å². The number of carbonyl (C=O) groups is 2. The Balaban J connectivity index is 1.35. The standard InChI is InChI=1S/C22H22FN3O2S/c1-13(27)22-26-20-18(3-2-4-19(20)29-22)24-16-9-11-17(12-10-16)25-21(28)14-5-7-15(23)8-6-14/h2-8,16-17,24H,9-12H2,1H3,(H,25,28). The number of nitrogens with zero attached hydrogens (tertiary/aromatic N) is 1. The largest absolute Gasteiger partial charge is 0.381 e. The number of nitrogens with one attached hydrogen (secondary N) is 2. The Kier molecular flexibility index (Phi) is 5.58. The lowest BCUT2D eigenvalue weighted by Crippen LogP contribution is -2.40. The predicted molar refractivity (Wildman–Crippen MR) is 113 cm³/mol. The monoisotopic (exact) mass is 411 g/mol. The van der Waals surface area contributed by atoms with Crippen LogP contribution < -0.4 is 10.6 Å². The van der Waals surface area contributed by atoms with Crippen LogP contribution in [0.2, 0.25) is 0 Å². The van der Waals surface area contributed by atoms with E-state index in [-0.39, 0.29) is 23.5 Å². The number of benzene rings is 2. The highest BCUT2D eigenvalue weighted by atomic mass is 32.1. The van der Waals surface area contributed by atoms with Crippen LogP contribution in [-0.2, 0) is 0 Å². The van der Waals surface area contributed by atoms with Crippen LogP contribution in [-0.4, -0.2) is 28.8 Å². The van der Waals surface area contributed by atoms with Crippen molar-refractivity contribution < 1.29 is 14.0 Å². The molecule has 2 aromatic carbocycles. The molecule has 1 amide bonds. The third kappa shape index (κ3) is 4.45. The summed E-state index contributed by atoms with van der Waals surface area (Å²) in [4.78, 5) is 28.4. The van der Waals surface area contributed by atoms with Crippen molar-refractivity contribution in [1.29, 1.82) is 0 Å². The first-order chi connectivity index (χ1) is 14.0. The molecule has 0 saturated heterocycles. The summed E-state index contributed by atoms with van der Waals surface area (Å²) < 4.78 is 14.0. The molecule has 0 unspecified atom stereocenters. The van der Waals surface area contributed by atoms with Crippen LogP contribution in [0.5, 0.6) is 0 Å². The number of rotatable bonds is 5. The van der Waals surface area contributed by atoms with Crippen molar-refractivity contribution in [1.82, 2.24) is 10.3 Å². The van der Waals surface area contributed by atoms with Gasteiger partial charge in [-0.05, 0) is 62.1 Å². The number of hydrogen-bond acceptors (Lipinski definition) is 5. The van der Waals surface area contributed by atoms with Gasteiger partial charge in [0.15, 0.2) is 10.8 Å². The zero-order chi connectivity index (χ0) is 20.4. The molecular weight excluding hydrogens is 389 g/mol. The number of carbonyl (C=O) groups excluding carboxylic acids is 2. The number of aromatic nitrogens is 1. The van der Waals surface area contributed by atoms with E-state index in [1.165, 1.54) is 42.5 Å². The van der Waals surface area contributed by atoms with Gasteiger partial charge in [0.25, 0.3) is 5.91 Å². The lowest BCUT2D eigenvalue weighted by molar-refractivity contribution is 0.0925. The average molecular weight is 412 g/mol. The normalized spacial score (nSPS) is 19.1. The predicted octanol–water partition coefficient (Wildman–Crippen LogP) is 4.79. The Labute approximate surface area is 172 Å². The number of halogens is 1. The minimum absolute atomic E-state index is 0.0189. The molecule has 0 atom stereocenters. The minimum Gasteiger partial charge on any atom is -0.381 e. The number of thiazole rings is 1. The number of hydrogen-bond donors (Lipinski definition) is 2. The van der Waals surface area contributed by atoms with Crippen molar-refractivity contribution in [3.63, 3.8) is 0 Å². The summed E-state index contributed by atoms with van der Waals surface area (Å²) in [6.07, 6.45) is 3.59. The SMILES string of the molecule is CC(=O)c1nc2c(NC3CCC(NC(=O)c4ccc(F)cc4)CC3)cccc2s1. The Hall–Kier alpha value is -2.80. The van der Waals surface area contributed by atoms with Gasteiger partial charge >= 0.3 is 0 Å². The van der Waals surface area contributed by atoms with Gasteiger partial charge in [-0.3, -0.25) is 9.59 Å². The number of amides is 1. The Morgan fingerprint density at radius 1 is 1.03 bits per heavy atom. The van der Waals surface area contributed by atoms with E-state index in [1.807, 2.05) is 18.2 Å². The summed E-state index contributed by atoms with van der Waals surface area (Å²) in [5.41, 5.74) is 2.27. The fourth-order valence-electron chi connectivity index (χ4n) is 3.69. The first kappa shape index (κ1) is 19.5. The lowest BCUT2D eigenvalue weighted by Gasteiger charge is -2.30. The third-order valence-corrected chi connectivity index (χ3v) is 6.37. The van der Waals surface area contributed by atoms with E-state index in [9.17, 15) is 14.0 Å². The zero-order valence-electron chi connectivity index (χ0n) is 16.1. The van der Waals surface area contributed by atoms with Gasteiger partial charge in [0.05, 0.1) is 10.4 Å². The van der Waals surface area contributed by atoms with Crippen molar-refractivity contribution in [2.45, 2.75) is 44.7 Å². The van der Waals surface area contributed by atoms with Gasteiger partial charge in [-0.25, -0.2) is 9.37 Å². The second-order valence-electron chi connectivity index (χ2n) is 7.40. The maximum absolute atomic E-state index is 13.0.